The summed E-state index contributed by atoms with van der Waals surface area (Å²) in [4.78, 5) is 0. The number of hydrogen-bond donors (Lipinski definition) is 1. The van der Waals surface area contributed by atoms with Crippen molar-refractivity contribution in [3.63, 3.8) is 0 Å². The maximum atomic E-state index is 12.9. The molecule has 0 saturated heterocycles. The van der Waals surface area contributed by atoms with E-state index in [0.29, 0.717) is 5.69 Å². The molecule has 114 valence electrons. The van der Waals surface area contributed by atoms with E-state index in [1.54, 1.807) is 13.2 Å². The van der Waals surface area contributed by atoms with Crippen molar-refractivity contribution in [2.75, 3.05) is 0 Å². The number of aryl methyl sites for hydroxylation is 1. The molecule has 1 N–H and O–H groups in total. The number of halogens is 3. The molecule has 10 heteroatoms. The molecule has 3 rings (SSSR count). The van der Waals surface area contributed by atoms with Crippen molar-refractivity contribution in [2.45, 2.75) is 6.18 Å². The van der Waals surface area contributed by atoms with E-state index in [-0.39, 0.29) is 16.3 Å². The quantitative estimate of drug-likeness (QED) is 0.736. The lowest BCUT2D eigenvalue weighted by Gasteiger charge is -2.10. The summed E-state index contributed by atoms with van der Waals surface area (Å²) >= 11 is 5.11. The number of aromatic amines is 1. The number of benzene rings is 1. The highest BCUT2D eigenvalue weighted by Crippen LogP contribution is 2.31. The lowest BCUT2D eigenvalue weighted by Crippen LogP contribution is -2.06. The molecule has 0 aliphatic rings. The molecule has 0 saturated carbocycles. The van der Waals surface area contributed by atoms with Crippen LogP contribution in [0.25, 0.3) is 17.2 Å². The number of H-pyrrole nitrogens is 1. The molecule has 2 heterocycles. The largest absolute Gasteiger partial charge is 0.416 e. The third-order valence-corrected chi connectivity index (χ3v) is 3.21. The van der Waals surface area contributed by atoms with Gasteiger partial charge in [0.1, 0.15) is 0 Å². The minimum atomic E-state index is -4.44. The van der Waals surface area contributed by atoms with Gasteiger partial charge in [-0.25, -0.2) is 0 Å². The molecule has 22 heavy (non-hydrogen) atoms. The summed E-state index contributed by atoms with van der Waals surface area (Å²) < 4.78 is 41.6. The smallest absolute Gasteiger partial charge is 0.267 e. The van der Waals surface area contributed by atoms with Crippen molar-refractivity contribution in [1.82, 2.24) is 29.8 Å². The van der Waals surface area contributed by atoms with Gasteiger partial charge in [0.05, 0.1) is 17.4 Å². The van der Waals surface area contributed by atoms with Crippen LogP contribution in [0.3, 0.4) is 0 Å². The number of aromatic nitrogens is 6. The first-order chi connectivity index (χ1) is 10.4. The first-order valence-corrected chi connectivity index (χ1v) is 6.49. The molecule has 3 aromatic rings. The van der Waals surface area contributed by atoms with Gasteiger partial charge < -0.3 is 0 Å². The fraction of sp³-hybridized carbons (Fsp3) is 0.167. The van der Waals surface area contributed by atoms with Gasteiger partial charge in [0, 0.05) is 7.05 Å². The van der Waals surface area contributed by atoms with Gasteiger partial charge in [0.15, 0.2) is 16.3 Å². The van der Waals surface area contributed by atoms with Crippen molar-refractivity contribution in [2.24, 2.45) is 7.05 Å². The number of nitrogens with one attached hydrogen (secondary N) is 1. The van der Waals surface area contributed by atoms with Gasteiger partial charge in [-0.2, -0.15) is 18.3 Å². The molecule has 0 atom stereocenters. The van der Waals surface area contributed by atoms with Crippen LogP contribution in [0.5, 0.6) is 0 Å². The van der Waals surface area contributed by atoms with E-state index < -0.39 is 11.7 Å². The van der Waals surface area contributed by atoms with Crippen molar-refractivity contribution in [1.29, 1.82) is 0 Å². The molecule has 0 radical (unpaired) electrons. The first kappa shape index (κ1) is 14.4. The Balaban J connectivity index is 2.17. The van der Waals surface area contributed by atoms with E-state index in [1.807, 2.05) is 0 Å². The summed E-state index contributed by atoms with van der Waals surface area (Å²) in [6, 6.07) is 4.83. The fourth-order valence-electron chi connectivity index (χ4n) is 1.98. The van der Waals surface area contributed by atoms with Crippen molar-refractivity contribution in [3.8, 4) is 17.2 Å². The van der Waals surface area contributed by atoms with E-state index in [1.165, 1.54) is 21.4 Å². The molecule has 0 amide bonds. The molecule has 6 nitrogen and oxygen atoms in total. The SMILES string of the molecule is Cn1cc(-c2n[nH]c(=S)n2-c2cccc(C(F)(F)F)c2)nn1. The predicted molar refractivity (Wildman–Crippen MR) is 73.7 cm³/mol. The Kier molecular flexibility index (Phi) is 3.32. The molecular weight excluding hydrogens is 317 g/mol. The van der Waals surface area contributed by atoms with Gasteiger partial charge >= 0.3 is 6.18 Å². The molecular formula is C12H9F3N6S. The van der Waals surface area contributed by atoms with Gasteiger partial charge in [-0.05, 0) is 30.4 Å². The van der Waals surface area contributed by atoms with Crippen LogP contribution in [-0.4, -0.2) is 29.8 Å². The lowest BCUT2D eigenvalue weighted by atomic mass is 10.2. The highest BCUT2D eigenvalue weighted by molar-refractivity contribution is 7.71. The van der Waals surface area contributed by atoms with Gasteiger partial charge in [-0.3, -0.25) is 14.3 Å². The van der Waals surface area contributed by atoms with Gasteiger partial charge in [0.25, 0.3) is 0 Å². The van der Waals surface area contributed by atoms with Crippen LogP contribution < -0.4 is 0 Å². The van der Waals surface area contributed by atoms with E-state index in [9.17, 15) is 13.2 Å². The summed E-state index contributed by atoms with van der Waals surface area (Å²) in [5.41, 5.74) is -0.125. The molecule has 0 fully saturated rings. The maximum Gasteiger partial charge on any atom is 0.416 e. The monoisotopic (exact) mass is 326 g/mol. The zero-order chi connectivity index (χ0) is 15.9. The standard InChI is InChI=1S/C12H9F3N6S/c1-20-6-9(16-19-20)10-17-18-11(22)21(10)8-4-2-3-7(5-8)12(13,14)15/h2-6H,1H3,(H,18,22). The Morgan fingerprint density at radius 3 is 2.68 bits per heavy atom. The molecule has 0 aliphatic heterocycles. The molecule has 0 bridgehead atoms. The summed E-state index contributed by atoms with van der Waals surface area (Å²) in [6.07, 6.45) is -2.84. The number of rotatable bonds is 2. The van der Waals surface area contributed by atoms with E-state index in [2.05, 4.69) is 20.5 Å². The van der Waals surface area contributed by atoms with Crippen LogP contribution in [0.2, 0.25) is 0 Å². The zero-order valence-electron chi connectivity index (χ0n) is 11.2. The van der Waals surface area contributed by atoms with Crippen LogP contribution >= 0.6 is 12.2 Å². The minimum absolute atomic E-state index is 0.167. The maximum absolute atomic E-state index is 12.9. The number of nitrogens with zero attached hydrogens (tertiary/aromatic N) is 5. The van der Waals surface area contributed by atoms with Crippen molar-refractivity contribution < 1.29 is 13.2 Å². The van der Waals surface area contributed by atoms with Crippen LogP contribution in [0, 0.1) is 4.77 Å². The average molecular weight is 326 g/mol. The molecule has 2 aromatic heterocycles. The average Bonchev–Trinajstić information content (AvgIpc) is 3.04. The lowest BCUT2D eigenvalue weighted by molar-refractivity contribution is -0.137. The van der Waals surface area contributed by atoms with Gasteiger partial charge in [-0.15, -0.1) is 5.10 Å². The molecule has 0 spiro atoms. The van der Waals surface area contributed by atoms with Crippen molar-refractivity contribution in [3.05, 3.63) is 40.8 Å². The van der Waals surface area contributed by atoms with Crippen LogP contribution in [0.4, 0.5) is 13.2 Å². The number of hydrogen-bond acceptors (Lipinski definition) is 4. The third kappa shape index (κ3) is 2.52. The Morgan fingerprint density at radius 2 is 2.05 bits per heavy atom. The highest BCUT2D eigenvalue weighted by atomic mass is 32.1. The second kappa shape index (κ2) is 5.05. The third-order valence-electron chi connectivity index (χ3n) is 2.94. The van der Waals surface area contributed by atoms with Crippen LogP contribution in [0.1, 0.15) is 5.56 Å². The van der Waals surface area contributed by atoms with Crippen LogP contribution in [0.15, 0.2) is 30.5 Å². The summed E-state index contributed by atoms with van der Waals surface area (Å²) in [7, 11) is 1.67. The topological polar surface area (TPSA) is 64.3 Å². The number of alkyl halides is 3. The Labute approximate surface area is 127 Å². The Morgan fingerprint density at radius 1 is 1.27 bits per heavy atom. The van der Waals surface area contributed by atoms with Crippen molar-refractivity contribution >= 4 is 12.2 Å². The summed E-state index contributed by atoms with van der Waals surface area (Å²) in [6.45, 7) is 0. The summed E-state index contributed by atoms with van der Waals surface area (Å²) in [5, 5.41) is 14.3. The fourth-order valence-corrected chi connectivity index (χ4v) is 2.22. The molecule has 0 aliphatic carbocycles. The normalized spacial score (nSPS) is 11.8. The molecule has 0 unspecified atom stereocenters. The van der Waals surface area contributed by atoms with Crippen LogP contribution in [-0.2, 0) is 13.2 Å². The van der Waals surface area contributed by atoms with E-state index >= 15 is 0 Å². The van der Waals surface area contributed by atoms with Gasteiger partial charge in [-0.1, -0.05) is 11.3 Å². The predicted octanol–water partition coefficient (Wildman–Crippen LogP) is 2.74. The first-order valence-electron chi connectivity index (χ1n) is 6.08. The molecule has 1 aromatic carbocycles. The van der Waals surface area contributed by atoms with E-state index in [4.69, 9.17) is 12.2 Å². The highest BCUT2D eigenvalue weighted by Gasteiger charge is 2.30. The van der Waals surface area contributed by atoms with E-state index in [0.717, 1.165) is 12.1 Å². The Bertz CT molecular complexity index is 875. The second-order valence-corrected chi connectivity index (χ2v) is 4.90. The minimum Gasteiger partial charge on any atom is -0.267 e. The van der Waals surface area contributed by atoms with Gasteiger partial charge in [0.2, 0.25) is 0 Å². The zero-order valence-corrected chi connectivity index (χ0v) is 12.0. The second-order valence-electron chi connectivity index (χ2n) is 4.51. The summed E-state index contributed by atoms with van der Waals surface area (Å²) in [5.74, 6) is 0.289. The Hall–Kier alpha value is -2.49.